The van der Waals surface area contributed by atoms with Crippen molar-refractivity contribution in [3.05, 3.63) is 47.3 Å². The van der Waals surface area contributed by atoms with Crippen LogP contribution in [0.2, 0.25) is 0 Å². The van der Waals surface area contributed by atoms with E-state index >= 15 is 0 Å². The third kappa shape index (κ3) is 2.64. The van der Waals surface area contributed by atoms with Crippen molar-refractivity contribution in [1.29, 1.82) is 0 Å². The van der Waals surface area contributed by atoms with E-state index in [1.54, 1.807) is 0 Å². The summed E-state index contributed by atoms with van der Waals surface area (Å²) in [6.07, 6.45) is 2.75. The van der Waals surface area contributed by atoms with Gasteiger partial charge in [0.15, 0.2) is 0 Å². The molecule has 1 aliphatic heterocycles. The third-order valence-corrected chi connectivity index (χ3v) is 3.81. The van der Waals surface area contributed by atoms with Crippen LogP contribution in [0.3, 0.4) is 0 Å². The van der Waals surface area contributed by atoms with E-state index in [1.807, 2.05) is 10.8 Å². The van der Waals surface area contributed by atoms with E-state index in [-0.39, 0.29) is 11.5 Å². The first-order valence-electron chi connectivity index (χ1n) is 7.14. The van der Waals surface area contributed by atoms with Crippen molar-refractivity contribution in [2.75, 3.05) is 11.9 Å². The minimum absolute atomic E-state index is 0.0657. The fraction of sp³-hybridized carbons (Fsp3) is 0.438. The molecule has 2 heterocycles. The van der Waals surface area contributed by atoms with Gasteiger partial charge in [-0.05, 0) is 24.1 Å². The quantitative estimate of drug-likeness (QED) is 0.864. The molecule has 1 N–H and O–H groups in total. The van der Waals surface area contributed by atoms with E-state index < -0.39 is 11.6 Å². The molecule has 1 aromatic carbocycles. The smallest absolute Gasteiger partial charge is 0.203 e. The van der Waals surface area contributed by atoms with Gasteiger partial charge in [-0.25, -0.2) is 13.8 Å². The summed E-state index contributed by atoms with van der Waals surface area (Å²) in [4.78, 5) is 4.61. The number of rotatable bonds is 1. The molecule has 0 fully saturated rings. The second-order valence-corrected chi connectivity index (χ2v) is 6.54. The highest BCUT2D eigenvalue weighted by Crippen LogP contribution is 2.33. The summed E-state index contributed by atoms with van der Waals surface area (Å²) < 4.78 is 28.9. The van der Waals surface area contributed by atoms with E-state index in [2.05, 4.69) is 31.1 Å². The van der Waals surface area contributed by atoms with E-state index in [0.717, 1.165) is 30.7 Å². The van der Waals surface area contributed by atoms with Crippen molar-refractivity contribution < 1.29 is 8.78 Å². The van der Waals surface area contributed by atoms with Gasteiger partial charge in [-0.2, -0.15) is 0 Å². The number of nitrogens with one attached hydrogen (secondary N) is 1. The molecule has 0 spiro atoms. The molecular formula is C16H19F2N3. The Morgan fingerprint density at radius 2 is 1.86 bits per heavy atom. The van der Waals surface area contributed by atoms with Crippen LogP contribution in [0.1, 0.15) is 44.5 Å². The molecule has 2 aromatic rings. The van der Waals surface area contributed by atoms with Gasteiger partial charge >= 0.3 is 0 Å². The maximum Gasteiger partial charge on any atom is 0.203 e. The van der Waals surface area contributed by atoms with Crippen LogP contribution >= 0.6 is 0 Å². The van der Waals surface area contributed by atoms with Crippen LogP contribution < -0.4 is 5.32 Å². The maximum absolute atomic E-state index is 13.5. The van der Waals surface area contributed by atoms with Gasteiger partial charge in [0, 0.05) is 24.2 Å². The number of fused-ring (bicyclic) bond motifs is 1. The highest BCUT2D eigenvalue weighted by atomic mass is 19.1. The summed E-state index contributed by atoms with van der Waals surface area (Å²) in [7, 11) is 0. The van der Waals surface area contributed by atoms with Gasteiger partial charge in [-0.1, -0.05) is 20.8 Å². The summed E-state index contributed by atoms with van der Waals surface area (Å²) in [6.45, 7) is 7.03. The monoisotopic (exact) mass is 291 g/mol. The number of benzene rings is 1. The number of hydrogen-bond donors (Lipinski definition) is 1. The summed E-state index contributed by atoms with van der Waals surface area (Å²) in [6, 6.07) is 3.62. The van der Waals surface area contributed by atoms with E-state index in [1.165, 1.54) is 12.1 Å². The Hall–Kier alpha value is -1.91. The van der Waals surface area contributed by atoms with Crippen molar-refractivity contribution in [2.45, 2.75) is 38.6 Å². The zero-order valence-electron chi connectivity index (χ0n) is 12.5. The molecule has 1 atom stereocenters. The summed E-state index contributed by atoms with van der Waals surface area (Å²) in [5.41, 5.74) is 1.55. The van der Waals surface area contributed by atoms with Gasteiger partial charge in [0.05, 0.1) is 11.7 Å². The minimum Gasteiger partial charge on any atom is -0.356 e. The number of imidazole rings is 1. The summed E-state index contributed by atoms with van der Waals surface area (Å²) in [5, 5.41) is 3.25. The molecule has 5 heteroatoms. The highest BCUT2D eigenvalue weighted by Gasteiger charge is 2.27. The predicted molar refractivity (Wildman–Crippen MR) is 78.5 cm³/mol. The first kappa shape index (κ1) is 14.0. The Labute approximate surface area is 123 Å². The lowest BCUT2D eigenvalue weighted by molar-refractivity contribution is 0.513. The van der Waals surface area contributed by atoms with Crippen molar-refractivity contribution in [2.24, 2.45) is 0 Å². The number of aromatic nitrogens is 2. The fourth-order valence-electron chi connectivity index (χ4n) is 2.68. The normalized spacial score (nSPS) is 18.2. The lowest BCUT2D eigenvalue weighted by Gasteiger charge is -2.26. The lowest BCUT2D eigenvalue weighted by atomic mass is 9.93. The zero-order valence-corrected chi connectivity index (χ0v) is 12.5. The molecule has 3 nitrogen and oxygen atoms in total. The van der Waals surface area contributed by atoms with Crippen LogP contribution in [0.5, 0.6) is 0 Å². The third-order valence-electron chi connectivity index (χ3n) is 3.81. The number of anilines is 1. The van der Waals surface area contributed by atoms with Gasteiger partial charge in [-0.3, -0.25) is 0 Å². The average Bonchev–Trinajstić information content (AvgIpc) is 2.80. The summed E-state index contributed by atoms with van der Waals surface area (Å²) in [5.74, 6) is -0.316. The van der Waals surface area contributed by atoms with E-state index in [4.69, 9.17) is 0 Å². The summed E-state index contributed by atoms with van der Waals surface area (Å²) >= 11 is 0. The van der Waals surface area contributed by atoms with Gasteiger partial charge < -0.3 is 9.88 Å². The molecule has 0 radical (unpaired) electrons. The molecule has 1 unspecified atom stereocenters. The standard InChI is InChI=1S/C16H19F2N3/c1-16(2,3)14-9-21-13(4-5-19-15(21)20-14)10-6-11(17)8-12(18)7-10/h6-9,13H,4-5H2,1-3H3,(H,19,20). The van der Waals surface area contributed by atoms with Crippen molar-refractivity contribution in [3.8, 4) is 0 Å². The average molecular weight is 291 g/mol. The largest absolute Gasteiger partial charge is 0.356 e. The second-order valence-electron chi connectivity index (χ2n) is 6.54. The molecule has 0 aliphatic carbocycles. The minimum atomic E-state index is -0.541. The SMILES string of the molecule is CC(C)(C)c1cn2c(n1)NCCC2c1cc(F)cc(F)c1. The van der Waals surface area contributed by atoms with E-state index in [9.17, 15) is 8.78 Å². The lowest BCUT2D eigenvalue weighted by Crippen LogP contribution is -2.23. The van der Waals surface area contributed by atoms with Crippen LogP contribution in [0.15, 0.2) is 24.4 Å². The Kier molecular flexibility index (Phi) is 3.23. The highest BCUT2D eigenvalue weighted by molar-refractivity contribution is 5.37. The second kappa shape index (κ2) is 4.83. The molecule has 112 valence electrons. The van der Waals surface area contributed by atoms with E-state index in [0.29, 0.717) is 5.56 Å². The molecule has 3 rings (SSSR count). The van der Waals surface area contributed by atoms with Gasteiger partial charge in [0.1, 0.15) is 11.6 Å². The van der Waals surface area contributed by atoms with Crippen LogP contribution in [-0.2, 0) is 5.41 Å². The Bertz CT molecular complexity index is 650. The Morgan fingerprint density at radius 1 is 1.19 bits per heavy atom. The van der Waals surface area contributed by atoms with Crippen LogP contribution in [0.25, 0.3) is 0 Å². The topological polar surface area (TPSA) is 29.9 Å². The van der Waals surface area contributed by atoms with Gasteiger partial charge in [0.2, 0.25) is 5.95 Å². The van der Waals surface area contributed by atoms with Crippen LogP contribution in [0, 0.1) is 11.6 Å². The molecule has 0 saturated heterocycles. The Balaban J connectivity index is 2.06. The van der Waals surface area contributed by atoms with Crippen LogP contribution in [0.4, 0.5) is 14.7 Å². The molecule has 0 amide bonds. The maximum atomic E-state index is 13.5. The molecule has 0 saturated carbocycles. The number of hydrogen-bond acceptors (Lipinski definition) is 2. The predicted octanol–water partition coefficient (Wildman–Crippen LogP) is 3.86. The van der Waals surface area contributed by atoms with Crippen molar-refractivity contribution in [1.82, 2.24) is 9.55 Å². The molecule has 1 aromatic heterocycles. The van der Waals surface area contributed by atoms with Crippen molar-refractivity contribution in [3.63, 3.8) is 0 Å². The number of halogens is 2. The Morgan fingerprint density at radius 3 is 2.48 bits per heavy atom. The molecule has 0 bridgehead atoms. The van der Waals surface area contributed by atoms with Crippen LogP contribution in [-0.4, -0.2) is 16.1 Å². The molecule has 21 heavy (non-hydrogen) atoms. The first-order valence-corrected chi connectivity index (χ1v) is 7.14. The molecule has 1 aliphatic rings. The first-order chi connectivity index (χ1) is 9.84. The number of nitrogens with zero attached hydrogens (tertiary/aromatic N) is 2. The van der Waals surface area contributed by atoms with Crippen molar-refractivity contribution >= 4 is 5.95 Å². The van der Waals surface area contributed by atoms with Gasteiger partial charge in [-0.15, -0.1) is 0 Å². The zero-order chi connectivity index (χ0) is 15.2. The fourth-order valence-corrected chi connectivity index (χ4v) is 2.68. The van der Waals surface area contributed by atoms with Gasteiger partial charge in [0.25, 0.3) is 0 Å². The molecular weight excluding hydrogens is 272 g/mol.